The minimum atomic E-state index is 0.529. The maximum atomic E-state index is 5.74. The molecule has 0 saturated carbocycles. The van der Waals surface area contributed by atoms with Crippen LogP contribution in [0.1, 0.15) is 25.3 Å². The zero-order valence-electron chi connectivity index (χ0n) is 9.56. The minimum absolute atomic E-state index is 0.529. The Morgan fingerprint density at radius 1 is 1.25 bits per heavy atom. The van der Waals surface area contributed by atoms with Gasteiger partial charge in [0, 0.05) is 18.1 Å². The number of nitrogens with zero attached hydrogens (tertiary/aromatic N) is 2. The van der Waals surface area contributed by atoms with Crippen LogP contribution in [0.25, 0.3) is 5.69 Å². The van der Waals surface area contributed by atoms with Gasteiger partial charge in [-0.3, -0.25) is 4.57 Å². The molecule has 0 aliphatic carbocycles. The largest absolute Gasteiger partial charge is 0.369 e. The van der Waals surface area contributed by atoms with Gasteiger partial charge in [0.15, 0.2) is 0 Å². The number of anilines is 1. The Labute approximate surface area is 95.9 Å². The van der Waals surface area contributed by atoms with E-state index in [9.17, 15) is 0 Å². The molecular formula is C13H17N3. The van der Waals surface area contributed by atoms with Gasteiger partial charge in [-0.15, -0.1) is 0 Å². The number of rotatable bonds is 4. The predicted molar refractivity (Wildman–Crippen MR) is 66.6 cm³/mol. The van der Waals surface area contributed by atoms with Crippen molar-refractivity contribution < 1.29 is 0 Å². The number of unbranched alkanes of at least 4 members (excludes halogenated alkanes) is 1. The third kappa shape index (κ3) is 2.24. The molecule has 84 valence electrons. The van der Waals surface area contributed by atoms with E-state index in [0.29, 0.717) is 5.95 Å². The highest BCUT2D eigenvalue weighted by Gasteiger charge is 2.00. The molecule has 0 amide bonds. The number of aryl methyl sites for hydroxylation is 1. The highest BCUT2D eigenvalue weighted by atomic mass is 15.1. The van der Waals surface area contributed by atoms with Gasteiger partial charge in [-0.2, -0.15) is 0 Å². The zero-order valence-corrected chi connectivity index (χ0v) is 9.56. The summed E-state index contributed by atoms with van der Waals surface area (Å²) in [6.07, 6.45) is 7.20. The van der Waals surface area contributed by atoms with Crippen molar-refractivity contribution in [2.75, 3.05) is 5.73 Å². The van der Waals surface area contributed by atoms with Crippen molar-refractivity contribution in [1.29, 1.82) is 0 Å². The van der Waals surface area contributed by atoms with Gasteiger partial charge in [-0.1, -0.05) is 25.5 Å². The van der Waals surface area contributed by atoms with E-state index in [4.69, 9.17) is 5.73 Å². The molecule has 0 aliphatic rings. The standard InChI is InChI=1S/C13H17N3/c1-2-3-4-11-5-7-12(8-6-11)16-10-9-15-13(16)14/h5-10H,2-4H2,1H3,(H2,14,15). The molecule has 1 heterocycles. The molecule has 0 aliphatic heterocycles. The predicted octanol–water partition coefficient (Wildman–Crippen LogP) is 2.80. The summed E-state index contributed by atoms with van der Waals surface area (Å²) in [5.74, 6) is 0.529. The van der Waals surface area contributed by atoms with Gasteiger partial charge in [-0.25, -0.2) is 4.98 Å². The van der Waals surface area contributed by atoms with E-state index in [0.717, 1.165) is 12.1 Å². The van der Waals surface area contributed by atoms with Crippen molar-refractivity contribution in [2.45, 2.75) is 26.2 Å². The van der Waals surface area contributed by atoms with Crippen molar-refractivity contribution in [1.82, 2.24) is 9.55 Å². The zero-order chi connectivity index (χ0) is 11.4. The van der Waals surface area contributed by atoms with E-state index < -0.39 is 0 Å². The highest BCUT2D eigenvalue weighted by molar-refractivity contribution is 5.40. The molecule has 0 saturated heterocycles. The fourth-order valence-electron chi connectivity index (χ4n) is 1.74. The lowest BCUT2D eigenvalue weighted by atomic mass is 10.1. The highest BCUT2D eigenvalue weighted by Crippen LogP contribution is 2.14. The number of imidazole rings is 1. The van der Waals surface area contributed by atoms with Crippen molar-refractivity contribution in [3.8, 4) is 5.69 Å². The SMILES string of the molecule is CCCCc1ccc(-n2ccnc2N)cc1. The third-order valence-electron chi connectivity index (χ3n) is 2.70. The number of aromatic nitrogens is 2. The van der Waals surface area contributed by atoms with Crippen LogP contribution in [0.15, 0.2) is 36.7 Å². The lowest BCUT2D eigenvalue weighted by molar-refractivity contribution is 0.795. The second-order valence-corrected chi connectivity index (χ2v) is 3.93. The van der Waals surface area contributed by atoms with Crippen LogP contribution in [0.5, 0.6) is 0 Å². The maximum absolute atomic E-state index is 5.74. The van der Waals surface area contributed by atoms with Crippen molar-refractivity contribution >= 4 is 5.95 Å². The normalized spacial score (nSPS) is 10.6. The van der Waals surface area contributed by atoms with Crippen molar-refractivity contribution in [3.05, 3.63) is 42.2 Å². The second kappa shape index (κ2) is 4.84. The second-order valence-electron chi connectivity index (χ2n) is 3.93. The first-order valence-corrected chi connectivity index (χ1v) is 5.69. The first-order chi connectivity index (χ1) is 7.81. The molecule has 0 spiro atoms. The van der Waals surface area contributed by atoms with E-state index in [2.05, 4.69) is 36.2 Å². The van der Waals surface area contributed by atoms with Gasteiger partial charge >= 0.3 is 0 Å². The number of hydrogen-bond donors (Lipinski definition) is 1. The summed E-state index contributed by atoms with van der Waals surface area (Å²) in [5, 5.41) is 0. The molecule has 1 aromatic heterocycles. The first kappa shape index (κ1) is 10.7. The summed E-state index contributed by atoms with van der Waals surface area (Å²) in [6.45, 7) is 2.21. The number of benzene rings is 1. The van der Waals surface area contributed by atoms with Crippen LogP contribution in [0.3, 0.4) is 0 Å². The van der Waals surface area contributed by atoms with Gasteiger partial charge in [-0.05, 0) is 30.5 Å². The van der Waals surface area contributed by atoms with Crippen LogP contribution in [0.4, 0.5) is 5.95 Å². The fourth-order valence-corrected chi connectivity index (χ4v) is 1.74. The van der Waals surface area contributed by atoms with Crippen LogP contribution < -0.4 is 5.73 Å². The summed E-state index contributed by atoms with van der Waals surface area (Å²) in [4.78, 5) is 4.01. The maximum Gasteiger partial charge on any atom is 0.204 e. The third-order valence-corrected chi connectivity index (χ3v) is 2.70. The van der Waals surface area contributed by atoms with Crippen molar-refractivity contribution in [3.63, 3.8) is 0 Å². The molecule has 0 fully saturated rings. The summed E-state index contributed by atoms with van der Waals surface area (Å²) >= 11 is 0. The smallest absolute Gasteiger partial charge is 0.204 e. The molecule has 3 nitrogen and oxygen atoms in total. The molecule has 2 aromatic rings. The van der Waals surface area contributed by atoms with Gasteiger partial charge in [0.2, 0.25) is 5.95 Å². The molecule has 0 radical (unpaired) electrons. The average molecular weight is 215 g/mol. The summed E-state index contributed by atoms with van der Waals surface area (Å²) < 4.78 is 1.88. The Morgan fingerprint density at radius 3 is 2.56 bits per heavy atom. The summed E-state index contributed by atoms with van der Waals surface area (Å²) in [5.41, 5.74) is 8.19. The monoisotopic (exact) mass is 215 g/mol. The Hall–Kier alpha value is -1.77. The Balaban J connectivity index is 2.16. The molecule has 1 aromatic carbocycles. The lowest BCUT2D eigenvalue weighted by Gasteiger charge is -2.06. The number of nitrogen functional groups attached to an aromatic ring is 1. The Kier molecular flexibility index (Phi) is 3.25. The van der Waals surface area contributed by atoms with Gasteiger partial charge in [0.05, 0.1) is 0 Å². The quantitative estimate of drug-likeness (QED) is 0.852. The molecule has 2 N–H and O–H groups in total. The fraction of sp³-hybridized carbons (Fsp3) is 0.308. The van der Waals surface area contributed by atoms with Crippen LogP contribution in [0, 0.1) is 0 Å². The van der Waals surface area contributed by atoms with Crippen LogP contribution in [-0.2, 0) is 6.42 Å². The topological polar surface area (TPSA) is 43.8 Å². The Bertz CT molecular complexity index is 442. The van der Waals surface area contributed by atoms with Crippen LogP contribution in [0.2, 0.25) is 0 Å². The molecule has 0 bridgehead atoms. The summed E-state index contributed by atoms with van der Waals surface area (Å²) in [7, 11) is 0. The molecule has 16 heavy (non-hydrogen) atoms. The Morgan fingerprint density at radius 2 is 2.00 bits per heavy atom. The van der Waals surface area contributed by atoms with E-state index in [1.165, 1.54) is 18.4 Å². The molecular weight excluding hydrogens is 198 g/mol. The molecule has 3 heteroatoms. The van der Waals surface area contributed by atoms with Gasteiger partial charge in [0.1, 0.15) is 0 Å². The van der Waals surface area contributed by atoms with E-state index in [1.54, 1.807) is 6.20 Å². The molecule has 0 unspecified atom stereocenters. The summed E-state index contributed by atoms with van der Waals surface area (Å²) in [6, 6.07) is 8.49. The van der Waals surface area contributed by atoms with E-state index >= 15 is 0 Å². The average Bonchev–Trinajstić information content (AvgIpc) is 2.74. The minimum Gasteiger partial charge on any atom is -0.369 e. The lowest BCUT2D eigenvalue weighted by Crippen LogP contribution is -1.99. The van der Waals surface area contributed by atoms with Crippen LogP contribution >= 0.6 is 0 Å². The van der Waals surface area contributed by atoms with Gasteiger partial charge < -0.3 is 5.73 Å². The number of nitrogens with two attached hydrogens (primary N) is 1. The van der Waals surface area contributed by atoms with Crippen LogP contribution in [-0.4, -0.2) is 9.55 Å². The van der Waals surface area contributed by atoms with Crippen molar-refractivity contribution in [2.24, 2.45) is 0 Å². The van der Waals surface area contributed by atoms with E-state index in [-0.39, 0.29) is 0 Å². The first-order valence-electron chi connectivity index (χ1n) is 5.69. The molecule has 2 rings (SSSR count). The van der Waals surface area contributed by atoms with Gasteiger partial charge in [0.25, 0.3) is 0 Å². The number of hydrogen-bond acceptors (Lipinski definition) is 2. The molecule has 0 atom stereocenters. The van der Waals surface area contributed by atoms with E-state index in [1.807, 2.05) is 10.8 Å².